The van der Waals surface area contributed by atoms with Crippen molar-refractivity contribution in [2.75, 3.05) is 0 Å². The summed E-state index contributed by atoms with van der Waals surface area (Å²) >= 11 is 0. The van der Waals surface area contributed by atoms with Gasteiger partial charge in [-0.15, -0.1) is 0 Å². The summed E-state index contributed by atoms with van der Waals surface area (Å²) in [6.07, 6.45) is -0.586. The molecule has 2 N–H and O–H groups in total. The van der Waals surface area contributed by atoms with Gasteiger partial charge in [0.05, 0.1) is 22.3 Å². The molecular formula is C23H19F3N6O. The zero-order valence-corrected chi connectivity index (χ0v) is 17.5. The Morgan fingerprint density at radius 3 is 2.48 bits per heavy atom. The van der Waals surface area contributed by atoms with Gasteiger partial charge in [0.15, 0.2) is 0 Å². The molecule has 2 aromatic carbocycles. The van der Waals surface area contributed by atoms with Crippen LogP contribution in [0.2, 0.25) is 0 Å². The van der Waals surface area contributed by atoms with Gasteiger partial charge in [-0.25, -0.2) is 9.97 Å². The average Bonchev–Trinajstić information content (AvgIpc) is 3.48. The number of aryl methyl sites for hydroxylation is 2. The van der Waals surface area contributed by atoms with Gasteiger partial charge in [-0.05, 0) is 43.2 Å². The number of fused-ring (bicyclic) bond motifs is 1. The fraction of sp³-hybridized carbons (Fsp3) is 0.174. The average molecular weight is 452 g/mol. The highest BCUT2D eigenvalue weighted by molar-refractivity contribution is 5.76. The van der Waals surface area contributed by atoms with E-state index in [9.17, 15) is 18.0 Å². The van der Waals surface area contributed by atoms with Crippen LogP contribution in [0.3, 0.4) is 0 Å². The number of aromatic amines is 2. The largest absolute Gasteiger partial charge is 0.416 e. The molecule has 0 unspecified atom stereocenters. The molecule has 0 aliphatic heterocycles. The van der Waals surface area contributed by atoms with Crippen LogP contribution in [0, 0.1) is 6.92 Å². The summed E-state index contributed by atoms with van der Waals surface area (Å²) in [6.45, 7) is 2.35. The first kappa shape index (κ1) is 20.8. The predicted octanol–water partition coefficient (Wildman–Crippen LogP) is 4.48. The van der Waals surface area contributed by atoms with Gasteiger partial charge in [-0.1, -0.05) is 24.3 Å². The summed E-state index contributed by atoms with van der Waals surface area (Å²) in [5.74, 6) is 1.11. The second-order valence-corrected chi connectivity index (χ2v) is 7.68. The molecule has 5 aromatic rings. The zero-order chi connectivity index (χ0) is 23.2. The predicted molar refractivity (Wildman–Crippen MR) is 117 cm³/mol. The van der Waals surface area contributed by atoms with Crippen LogP contribution in [0.4, 0.5) is 13.2 Å². The molecule has 33 heavy (non-hydrogen) atoms. The molecule has 5 rings (SSSR count). The van der Waals surface area contributed by atoms with Crippen molar-refractivity contribution in [3.05, 3.63) is 88.2 Å². The van der Waals surface area contributed by atoms with Gasteiger partial charge in [-0.2, -0.15) is 17.9 Å². The SMILES string of the molecule is Cc1nccn1CCc1c(-c2ccc(C(F)(F)F)cc2)[nH]n(-c2nc3ccccc3[nH]2)c1=O. The zero-order valence-electron chi connectivity index (χ0n) is 17.5. The van der Waals surface area contributed by atoms with E-state index in [0.29, 0.717) is 41.3 Å². The summed E-state index contributed by atoms with van der Waals surface area (Å²) in [6, 6.07) is 12.1. The third-order valence-corrected chi connectivity index (χ3v) is 5.60. The van der Waals surface area contributed by atoms with Crippen molar-refractivity contribution in [1.29, 1.82) is 0 Å². The summed E-state index contributed by atoms with van der Waals surface area (Å²) < 4.78 is 42.3. The van der Waals surface area contributed by atoms with Crippen LogP contribution >= 0.6 is 0 Å². The normalized spacial score (nSPS) is 12.0. The first-order valence-corrected chi connectivity index (χ1v) is 10.3. The fourth-order valence-electron chi connectivity index (χ4n) is 3.84. The maximum absolute atomic E-state index is 13.4. The summed E-state index contributed by atoms with van der Waals surface area (Å²) in [4.78, 5) is 25.2. The Balaban J connectivity index is 1.60. The number of hydrogen-bond acceptors (Lipinski definition) is 3. The standard InChI is InChI=1S/C23H19F3N6O/c1-14-27-11-13-31(14)12-10-17-20(15-6-8-16(9-7-15)23(24,25)26)30-32(21(17)33)22-28-18-4-2-3-5-19(18)29-22/h2-9,11,13,30H,10,12H2,1H3,(H,28,29). The first-order chi connectivity index (χ1) is 15.8. The number of nitrogens with zero attached hydrogens (tertiary/aromatic N) is 4. The van der Waals surface area contributed by atoms with Gasteiger partial charge in [-0.3, -0.25) is 9.89 Å². The lowest BCUT2D eigenvalue weighted by molar-refractivity contribution is -0.137. The third kappa shape index (κ3) is 3.84. The number of imidazole rings is 2. The van der Waals surface area contributed by atoms with E-state index < -0.39 is 11.7 Å². The Morgan fingerprint density at radius 2 is 1.82 bits per heavy atom. The van der Waals surface area contributed by atoms with Crippen LogP contribution in [0.25, 0.3) is 28.2 Å². The van der Waals surface area contributed by atoms with Crippen LogP contribution in [0.15, 0.2) is 65.7 Å². The molecule has 0 saturated carbocycles. The fourth-order valence-corrected chi connectivity index (χ4v) is 3.84. The van der Waals surface area contributed by atoms with Crippen LogP contribution in [0.5, 0.6) is 0 Å². The minimum absolute atomic E-state index is 0.305. The minimum Gasteiger partial charge on any atom is -0.335 e. The van der Waals surface area contributed by atoms with Crippen LogP contribution < -0.4 is 5.56 Å². The molecule has 0 aliphatic rings. The number of nitrogens with one attached hydrogen (secondary N) is 2. The first-order valence-electron chi connectivity index (χ1n) is 10.3. The number of benzene rings is 2. The van der Waals surface area contributed by atoms with Crippen molar-refractivity contribution < 1.29 is 13.2 Å². The van der Waals surface area contributed by atoms with Gasteiger partial charge < -0.3 is 9.55 Å². The number of H-pyrrole nitrogens is 2. The molecule has 0 atom stereocenters. The van der Waals surface area contributed by atoms with E-state index >= 15 is 0 Å². The van der Waals surface area contributed by atoms with Crippen molar-refractivity contribution in [1.82, 2.24) is 29.3 Å². The maximum Gasteiger partial charge on any atom is 0.416 e. The summed E-state index contributed by atoms with van der Waals surface area (Å²) in [5, 5.41) is 3.05. The van der Waals surface area contributed by atoms with Crippen LogP contribution in [-0.2, 0) is 19.1 Å². The molecule has 3 heterocycles. The van der Waals surface area contributed by atoms with Gasteiger partial charge in [0.1, 0.15) is 5.82 Å². The van der Waals surface area contributed by atoms with E-state index in [1.165, 1.54) is 16.8 Å². The molecule has 0 aliphatic carbocycles. The van der Waals surface area contributed by atoms with Gasteiger partial charge in [0.25, 0.3) is 5.56 Å². The van der Waals surface area contributed by atoms with Crippen LogP contribution in [0.1, 0.15) is 17.0 Å². The molecule has 0 spiro atoms. The second kappa shape index (κ2) is 7.80. The van der Waals surface area contributed by atoms with Crippen molar-refractivity contribution >= 4 is 11.0 Å². The highest BCUT2D eigenvalue weighted by atomic mass is 19.4. The number of halogens is 3. The van der Waals surface area contributed by atoms with E-state index in [4.69, 9.17) is 0 Å². The lowest BCUT2D eigenvalue weighted by Crippen LogP contribution is -2.19. The monoisotopic (exact) mass is 452 g/mol. The van der Waals surface area contributed by atoms with Crippen molar-refractivity contribution in [2.24, 2.45) is 0 Å². The number of rotatable bonds is 5. The third-order valence-electron chi connectivity index (χ3n) is 5.60. The van der Waals surface area contributed by atoms with Gasteiger partial charge in [0, 0.05) is 24.5 Å². The van der Waals surface area contributed by atoms with E-state index in [0.717, 1.165) is 23.5 Å². The smallest absolute Gasteiger partial charge is 0.335 e. The van der Waals surface area contributed by atoms with Gasteiger partial charge >= 0.3 is 6.18 Å². The summed E-state index contributed by atoms with van der Waals surface area (Å²) in [7, 11) is 0. The minimum atomic E-state index is -4.44. The highest BCUT2D eigenvalue weighted by Crippen LogP contribution is 2.31. The van der Waals surface area contributed by atoms with E-state index in [1.807, 2.05) is 42.0 Å². The van der Waals surface area contributed by atoms with E-state index in [1.54, 1.807) is 6.20 Å². The highest BCUT2D eigenvalue weighted by Gasteiger charge is 2.30. The Bertz CT molecular complexity index is 1450. The summed E-state index contributed by atoms with van der Waals surface area (Å²) in [5.41, 5.74) is 1.77. The Kier molecular flexibility index (Phi) is 4.92. The maximum atomic E-state index is 13.4. The molecular weight excluding hydrogens is 433 g/mol. The van der Waals surface area contributed by atoms with Crippen molar-refractivity contribution in [3.63, 3.8) is 0 Å². The molecule has 3 aromatic heterocycles. The Labute approximate surface area is 185 Å². The molecule has 0 saturated heterocycles. The van der Waals surface area contributed by atoms with Gasteiger partial charge in [0.2, 0.25) is 5.95 Å². The number of para-hydroxylation sites is 2. The topological polar surface area (TPSA) is 84.3 Å². The molecule has 0 amide bonds. The molecule has 10 heteroatoms. The molecule has 168 valence electrons. The molecule has 0 radical (unpaired) electrons. The lowest BCUT2D eigenvalue weighted by atomic mass is 10.0. The van der Waals surface area contributed by atoms with E-state index in [-0.39, 0.29) is 5.56 Å². The van der Waals surface area contributed by atoms with Crippen molar-refractivity contribution in [3.8, 4) is 17.2 Å². The molecule has 0 fully saturated rings. The molecule has 0 bridgehead atoms. The quantitative estimate of drug-likeness (QED) is 0.413. The number of aromatic nitrogens is 6. The molecule has 7 nitrogen and oxygen atoms in total. The second-order valence-electron chi connectivity index (χ2n) is 7.68. The lowest BCUT2D eigenvalue weighted by Gasteiger charge is -2.08. The van der Waals surface area contributed by atoms with Crippen molar-refractivity contribution in [2.45, 2.75) is 26.1 Å². The number of hydrogen-bond donors (Lipinski definition) is 2. The van der Waals surface area contributed by atoms with E-state index in [2.05, 4.69) is 20.1 Å². The Hall–Kier alpha value is -4.08. The van der Waals surface area contributed by atoms with Crippen LogP contribution in [-0.4, -0.2) is 29.3 Å². The Morgan fingerprint density at radius 1 is 1.06 bits per heavy atom. The number of alkyl halides is 3.